The van der Waals surface area contributed by atoms with Crippen molar-refractivity contribution in [2.75, 3.05) is 0 Å². The number of hydrogen-bond donors (Lipinski definition) is 1. The molecule has 1 N–H and O–H groups in total. The first-order chi connectivity index (χ1) is 8.49. The van der Waals surface area contributed by atoms with Gasteiger partial charge in [-0.25, -0.2) is 14.2 Å². The first-order valence-corrected chi connectivity index (χ1v) is 5.60. The lowest BCUT2D eigenvalue weighted by molar-refractivity contribution is 0.0691. The Kier molecular flexibility index (Phi) is 3.50. The SMILES string of the molecule is O=C(O)c1nc(-c2ccc(Cl)cc2)c(F)cc1Cl. The Bertz CT molecular complexity index is 614. The van der Waals surface area contributed by atoms with Gasteiger partial charge in [0.15, 0.2) is 11.5 Å². The van der Waals surface area contributed by atoms with Gasteiger partial charge in [-0.3, -0.25) is 0 Å². The zero-order valence-electron chi connectivity index (χ0n) is 8.82. The number of nitrogens with zero attached hydrogens (tertiary/aromatic N) is 1. The highest BCUT2D eigenvalue weighted by molar-refractivity contribution is 6.33. The number of benzene rings is 1. The first kappa shape index (κ1) is 12.8. The summed E-state index contributed by atoms with van der Waals surface area (Å²) in [5, 5.41) is 9.14. The number of carbonyl (C=O) groups is 1. The minimum atomic E-state index is -1.31. The maximum Gasteiger partial charge on any atom is 0.356 e. The van der Waals surface area contributed by atoms with E-state index in [1.54, 1.807) is 24.3 Å². The molecule has 1 aromatic heterocycles. The van der Waals surface area contributed by atoms with E-state index in [0.29, 0.717) is 10.6 Å². The van der Waals surface area contributed by atoms with Crippen LogP contribution in [0.4, 0.5) is 4.39 Å². The number of hydrogen-bond acceptors (Lipinski definition) is 2. The summed E-state index contributed by atoms with van der Waals surface area (Å²) in [5.41, 5.74) is -0.0347. The van der Waals surface area contributed by atoms with Crippen LogP contribution in [0, 0.1) is 5.82 Å². The molecule has 1 heterocycles. The molecule has 0 aliphatic rings. The predicted octanol–water partition coefficient (Wildman–Crippen LogP) is 3.89. The number of aromatic carboxylic acids is 1. The molecule has 18 heavy (non-hydrogen) atoms. The van der Waals surface area contributed by atoms with Gasteiger partial charge in [0, 0.05) is 10.6 Å². The van der Waals surface area contributed by atoms with Crippen LogP contribution in [0.2, 0.25) is 10.0 Å². The van der Waals surface area contributed by atoms with Crippen molar-refractivity contribution in [1.82, 2.24) is 4.98 Å². The number of carboxylic acid groups (broad SMARTS) is 1. The highest BCUT2D eigenvalue weighted by Crippen LogP contribution is 2.26. The molecule has 0 radical (unpaired) electrons. The lowest BCUT2D eigenvalue weighted by atomic mass is 10.1. The molecule has 1 aromatic carbocycles. The van der Waals surface area contributed by atoms with Gasteiger partial charge >= 0.3 is 5.97 Å². The Morgan fingerprint density at radius 2 is 1.83 bits per heavy atom. The van der Waals surface area contributed by atoms with E-state index < -0.39 is 11.8 Å². The molecule has 0 saturated heterocycles. The van der Waals surface area contributed by atoms with Gasteiger partial charge in [0.2, 0.25) is 0 Å². The summed E-state index contributed by atoms with van der Waals surface area (Å²) >= 11 is 11.3. The molecule has 0 saturated carbocycles. The molecule has 0 spiro atoms. The monoisotopic (exact) mass is 285 g/mol. The molecule has 0 bridgehead atoms. The molecule has 2 aromatic rings. The Hall–Kier alpha value is -1.65. The lowest BCUT2D eigenvalue weighted by Crippen LogP contribution is -2.04. The van der Waals surface area contributed by atoms with Gasteiger partial charge in [-0.15, -0.1) is 0 Å². The quantitative estimate of drug-likeness (QED) is 0.911. The summed E-state index contributed by atoms with van der Waals surface area (Å²) in [6.07, 6.45) is 0. The summed E-state index contributed by atoms with van der Waals surface area (Å²) in [7, 11) is 0. The van der Waals surface area contributed by atoms with Crippen molar-refractivity contribution in [3.63, 3.8) is 0 Å². The van der Waals surface area contributed by atoms with Crippen molar-refractivity contribution in [2.45, 2.75) is 0 Å². The summed E-state index contributed by atoms with van der Waals surface area (Å²) in [6.45, 7) is 0. The topological polar surface area (TPSA) is 50.2 Å². The van der Waals surface area contributed by atoms with Gasteiger partial charge in [-0.1, -0.05) is 35.3 Å². The van der Waals surface area contributed by atoms with Crippen LogP contribution in [-0.4, -0.2) is 16.1 Å². The number of pyridine rings is 1. The van der Waals surface area contributed by atoms with E-state index in [1.807, 2.05) is 0 Å². The molecular formula is C12H6Cl2FNO2. The van der Waals surface area contributed by atoms with Crippen LogP contribution in [0.5, 0.6) is 0 Å². The first-order valence-electron chi connectivity index (χ1n) is 4.84. The number of rotatable bonds is 2. The molecule has 92 valence electrons. The fourth-order valence-electron chi connectivity index (χ4n) is 1.43. The number of halogens is 3. The normalized spacial score (nSPS) is 10.4. The second kappa shape index (κ2) is 4.92. The van der Waals surface area contributed by atoms with Gasteiger partial charge in [0.1, 0.15) is 5.69 Å². The maximum absolute atomic E-state index is 13.7. The van der Waals surface area contributed by atoms with Crippen molar-refractivity contribution in [1.29, 1.82) is 0 Å². The minimum absolute atomic E-state index is 0.0755. The van der Waals surface area contributed by atoms with E-state index in [9.17, 15) is 9.18 Å². The largest absolute Gasteiger partial charge is 0.476 e. The molecular weight excluding hydrogens is 280 g/mol. The molecule has 6 heteroatoms. The third kappa shape index (κ3) is 2.44. The zero-order chi connectivity index (χ0) is 13.3. The molecule has 0 unspecified atom stereocenters. The summed E-state index contributed by atoms with van der Waals surface area (Å²) < 4.78 is 13.7. The van der Waals surface area contributed by atoms with Gasteiger partial charge in [0.05, 0.1) is 5.02 Å². The van der Waals surface area contributed by atoms with E-state index in [-0.39, 0.29) is 16.4 Å². The Labute approximate surface area is 112 Å². The van der Waals surface area contributed by atoms with Crippen molar-refractivity contribution in [3.05, 3.63) is 51.9 Å². The van der Waals surface area contributed by atoms with Crippen molar-refractivity contribution in [3.8, 4) is 11.3 Å². The van der Waals surface area contributed by atoms with Gasteiger partial charge in [0.25, 0.3) is 0 Å². The van der Waals surface area contributed by atoms with Crippen LogP contribution in [0.1, 0.15) is 10.5 Å². The van der Waals surface area contributed by atoms with E-state index in [1.165, 1.54) is 0 Å². The maximum atomic E-state index is 13.7. The molecule has 0 amide bonds. The predicted molar refractivity (Wildman–Crippen MR) is 66.6 cm³/mol. The van der Waals surface area contributed by atoms with E-state index in [2.05, 4.69) is 4.98 Å². The average Bonchev–Trinajstić information content (AvgIpc) is 2.30. The van der Waals surface area contributed by atoms with Crippen LogP contribution in [0.3, 0.4) is 0 Å². The standard InChI is InChI=1S/C12H6Cl2FNO2/c13-7-3-1-6(2-4-7)10-9(15)5-8(14)11(16-10)12(17)18/h1-5H,(H,17,18). The lowest BCUT2D eigenvalue weighted by Gasteiger charge is -2.05. The van der Waals surface area contributed by atoms with E-state index in [0.717, 1.165) is 6.07 Å². The summed E-state index contributed by atoms with van der Waals surface area (Å²) in [5.74, 6) is -2.00. The van der Waals surface area contributed by atoms with E-state index in [4.69, 9.17) is 28.3 Å². The fourth-order valence-corrected chi connectivity index (χ4v) is 1.77. The van der Waals surface area contributed by atoms with Crippen LogP contribution in [0.25, 0.3) is 11.3 Å². The van der Waals surface area contributed by atoms with Crippen LogP contribution in [0.15, 0.2) is 30.3 Å². The number of aromatic nitrogens is 1. The highest BCUT2D eigenvalue weighted by atomic mass is 35.5. The average molecular weight is 286 g/mol. The highest BCUT2D eigenvalue weighted by Gasteiger charge is 2.16. The molecule has 2 rings (SSSR count). The molecule has 0 aliphatic carbocycles. The Morgan fingerprint density at radius 1 is 1.22 bits per heavy atom. The van der Waals surface area contributed by atoms with Crippen LogP contribution < -0.4 is 0 Å². The molecule has 3 nitrogen and oxygen atoms in total. The summed E-state index contributed by atoms with van der Waals surface area (Å²) in [6, 6.07) is 7.16. The van der Waals surface area contributed by atoms with Crippen LogP contribution in [-0.2, 0) is 0 Å². The van der Waals surface area contributed by atoms with Crippen molar-refractivity contribution >= 4 is 29.2 Å². The van der Waals surface area contributed by atoms with Gasteiger partial charge in [-0.05, 0) is 18.2 Å². The minimum Gasteiger partial charge on any atom is -0.476 e. The van der Waals surface area contributed by atoms with Crippen LogP contribution >= 0.6 is 23.2 Å². The van der Waals surface area contributed by atoms with Gasteiger partial charge < -0.3 is 5.11 Å². The van der Waals surface area contributed by atoms with E-state index >= 15 is 0 Å². The zero-order valence-corrected chi connectivity index (χ0v) is 10.3. The molecule has 0 atom stereocenters. The summed E-state index contributed by atoms with van der Waals surface area (Å²) in [4.78, 5) is 14.6. The smallest absolute Gasteiger partial charge is 0.356 e. The second-order valence-corrected chi connectivity index (χ2v) is 4.30. The number of carboxylic acids is 1. The second-order valence-electron chi connectivity index (χ2n) is 3.46. The fraction of sp³-hybridized carbons (Fsp3) is 0. The third-order valence-corrected chi connectivity index (χ3v) is 2.79. The third-order valence-electron chi connectivity index (χ3n) is 2.25. The Balaban J connectivity index is 2.60. The molecule has 0 aliphatic heterocycles. The van der Waals surface area contributed by atoms with Crippen molar-refractivity contribution < 1.29 is 14.3 Å². The van der Waals surface area contributed by atoms with Crippen molar-refractivity contribution in [2.24, 2.45) is 0 Å². The molecule has 0 fully saturated rings. The van der Waals surface area contributed by atoms with Gasteiger partial charge in [-0.2, -0.15) is 0 Å². The Morgan fingerprint density at radius 3 is 2.39 bits per heavy atom.